The summed E-state index contributed by atoms with van der Waals surface area (Å²) in [7, 11) is 0. The summed E-state index contributed by atoms with van der Waals surface area (Å²) in [5.41, 5.74) is 1.37. The molecule has 4 amide bonds. The minimum Gasteiger partial charge on any atom is -0.451 e. The first-order chi connectivity index (χ1) is 13.3. The standard InChI is InChI=1S/C19H25N3O5S/c1-12-5-4-6-14(11-12)16(23)21-15(7-10-28-3)18(25)27-13(2)17(24)22-9-8-20-19(22)26/h4-6,11,13,15H,7-10H2,1-3H3,(H,20,26)(H,21,23)/t13-,15-/m0/s1. The smallest absolute Gasteiger partial charge is 0.329 e. The number of imide groups is 1. The Labute approximate surface area is 168 Å². The molecule has 1 aliphatic rings. The normalized spacial score (nSPS) is 15.5. The number of esters is 1. The van der Waals surface area contributed by atoms with E-state index < -0.39 is 30.1 Å². The zero-order chi connectivity index (χ0) is 20.7. The Morgan fingerprint density at radius 2 is 2.11 bits per heavy atom. The number of hydrogen-bond acceptors (Lipinski definition) is 6. The second-order valence-electron chi connectivity index (χ2n) is 6.48. The van der Waals surface area contributed by atoms with E-state index in [-0.39, 0.29) is 12.5 Å². The third-order valence-electron chi connectivity index (χ3n) is 4.24. The first-order valence-corrected chi connectivity index (χ1v) is 10.4. The lowest BCUT2D eigenvalue weighted by molar-refractivity contribution is -0.159. The van der Waals surface area contributed by atoms with Crippen LogP contribution >= 0.6 is 11.8 Å². The van der Waals surface area contributed by atoms with E-state index in [1.165, 1.54) is 18.7 Å². The second kappa shape index (κ2) is 10.1. The molecule has 0 unspecified atom stereocenters. The predicted molar refractivity (Wildman–Crippen MR) is 106 cm³/mol. The van der Waals surface area contributed by atoms with Crippen molar-refractivity contribution in [1.29, 1.82) is 0 Å². The number of aryl methyl sites for hydroxylation is 1. The lowest BCUT2D eigenvalue weighted by atomic mass is 10.1. The topological polar surface area (TPSA) is 105 Å². The van der Waals surface area contributed by atoms with Crippen molar-refractivity contribution in [2.24, 2.45) is 0 Å². The van der Waals surface area contributed by atoms with Gasteiger partial charge < -0.3 is 15.4 Å². The van der Waals surface area contributed by atoms with Crippen LogP contribution < -0.4 is 10.6 Å². The molecule has 152 valence electrons. The summed E-state index contributed by atoms with van der Waals surface area (Å²) >= 11 is 1.53. The van der Waals surface area contributed by atoms with Gasteiger partial charge in [-0.15, -0.1) is 0 Å². The Hall–Kier alpha value is -2.55. The van der Waals surface area contributed by atoms with Gasteiger partial charge in [0.15, 0.2) is 6.10 Å². The molecule has 1 aromatic carbocycles. The summed E-state index contributed by atoms with van der Waals surface area (Å²) in [6.45, 7) is 3.89. The zero-order valence-electron chi connectivity index (χ0n) is 16.2. The maximum atomic E-state index is 12.6. The Kier molecular flexibility index (Phi) is 7.86. The van der Waals surface area contributed by atoms with Gasteiger partial charge in [0.05, 0.1) is 0 Å². The average molecular weight is 407 g/mol. The van der Waals surface area contributed by atoms with Gasteiger partial charge in [0, 0.05) is 18.7 Å². The number of rotatable bonds is 8. The highest BCUT2D eigenvalue weighted by molar-refractivity contribution is 7.98. The molecule has 28 heavy (non-hydrogen) atoms. The van der Waals surface area contributed by atoms with Crippen LogP contribution in [0.3, 0.4) is 0 Å². The molecule has 0 bridgehead atoms. The maximum Gasteiger partial charge on any atom is 0.329 e. The van der Waals surface area contributed by atoms with Gasteiger partial charge in [-0.25, -0.2) is 9.59 Å². The molecule has 2 atom stereocenters. The number of thioether (sulfide) groups is 1. The van der Waals surface area contributed by atoms with Crippen molar-refractivity contribution in [2.45, 2.75) is 32.4 Å². The van der Waals surface area contributed by atoms with Crippen LogP contribution in [0.4, 0.5) is 4.79 Å². The minimum atomic E-state index is -1.12. The molecule has 1 aliphatic heterocycles. The van der Waals surface area contributed by atoms with E-state index in [0.29, 0.717) is 24.3 Å². The molecule has 0 aromatic heterocycles. The lowest BCUT2D eigenvalue weighted by Gasteiger charge is -2.22. The van der Waals surface area contributed by atoms with Gasteiger partial charge in [-0.05, 0) is 44.4 Å². The molecule has 2 rings (SSSR count). The monoisotopic (exact) mass is 407 g/mol. The van der Waals surface area contributed by atoms with Crippen molar-refractivity contribution in [3.05, 3.63) is 35.4 Å². The van der Waals surface area contributed by atoms with Crippen LogP contribution in [0, 0.1) is 6.92 Å². The molecule has 2 N–H and O–H groups in total. The summed E-state index contributed by atoms with van der Waals surface area (Å²) in [5, 5.41) is 5.21. The van der Waals surface area contributed by atoms with Crippen LogP contribution in [0.5, 0.6) is 0 Å². The first-order valence-electron chi connectivity index (χ1n) is 8.99. The van der Waals surface area contributed by atoms with Gasteiger partial charge >= 0.3 is 12.0 Å². The second-order valence-corrected chi connectivity index (χ2v) is 7.46. The Bertz CT molecular complexity index is 755. The number of urea groups is 1. The first kappa shape index (κ1) is 21.7. The molecule has 0 spiro atoms. The third-order valence-corrected chi connectivity index (χ3v) is 4.89. The van der Waals surface area contributed by atoms with Gasteiger partial charge in [-0.3, -0.25) is 14.5 Å². The van der Waals surface area contributed by atoms with Gasteiger partial charge in [0.1, 0.15) is 6.04 Å². The predicted octanol–water partition coefficient (Wildman–Crippen LogP) is 1.33. The Morgan fingerprint density at radius 1 is 1.36 bits per heavy atom. The summed E-state index contributed by atoms with van der Waals surface area (Å²) in [6.07, 6.45) is 1.13. The van der Waals surface area contributed by atoms with E-state index in [1.54, 1.807) is 18.2 Å². The number of carbonyl (C=O) groups is 4. The lowest BCUT2D eigenvalue weighted by Crippen LogP contribution is -2.46. The molecular weight excluding hydrogens is 382 g/mol. The van der Waals surface area contributed by atoms with E-state index in [4.69, 9.17) is 4.74 Å². The average Bonchev–Trinajstić information content (AvgIpc) is 3.09. The number of hydrogen-bond donors (Lipinski definition) is 2. The highest BCUT2D eigenvalue weighted by atomic mass is 32.2. The maximum absolute atomic E-state index is 12.6. The van der Waals surface area contributed by atoms with Crippen LogP contribution in [0.15, 0.2) is 24.3 Å². The minimum absolute atomic E-state index is 0.236. The van der Waals surface area contributed by atoms with E-state index in [9.17, 15) is 19.2 Å². The number of benzene rings is 1. The molecule has 1 heterocycles. The molecule has 1 aromatic rings. The molecule has 1 fully saturated rings. The fourth-order valence-corrected chi connectivity index (χ4v) is 3.19. The Balaban J connectivity index is 2.02. The zero-order valence-corrected chi connectivity index (χ0v) is 17.0. The van der Waals surface area contributed by atoms with Crippen LogP contribution in [0.25, 0.3) is 0 Å². The van der Waals surface area contributed by atoms with Crippen molar-refractivity contribution < 1.29 is 23.9 Å². The SMILES string of the molecule is CSCC[C@H](NC(=O)c1cccc(C)c1)C(=O)O[C@@H](C)C(=O)N1CCNC1=O. The number of carbonyl (C=O) groups excluding carboxylic acids is 4. The molecular formula is C19H25N3O5S. The van der Waals surface area contributed by atoms with E-state index in [2.05, 4.69) is 10.6 Å². The van der Waals surface area contributed by atoms with Crippen LogP contribution in [0.2, 0.25) is 0 Å². The Morgan fingerprint density at radius 3 is 2.71 bits per heavy atom. The summed E-state index contributed by atoms with van der Waals surface area (Å²) < 4.78 is 5.26. The van der Waals surface area contributed by atoms with Crippen molar-refractivity contribution in [3.8, 4) is 0 Å². The number of ether oxygens (including phenoxy) is 1. The molecule has 0 radical (unpaired) electrons. The van der Waals surface area contributed by atoms with Gasteiger partial charge in [0.25, 0.3) is 11.8 Å². The van der Waals surface area contributed by atoms with Crippen molar-refractivity contribution >= 4 is 35.6 Å². The summed E-state index contributed by atoms with van der Waals surface area (Å²) in [6, 6.07) is 5.64. The molecule has 0 aliphatic carbocycles. The third kappa shape index (κ3) is 5.72. The molecule has 0 saturated carbocycles. The highest BCUT2D eigenvalue weighted by Crippen LogP contribution is 2.10. The van der Waals surface area contributed by atoms with Gasteiger partial charge in [-0.2, -0.15) is 11.8 Å². The van der Waals surface area contributed by atoms with Gasteiger partial charge in [-0.1, -0.05) is 17.7 Å². The van der Waals surface area contributed by atoms with Gasteiger partial charge in [0.2, 0.25) is 0 Å². The van der Waals surface area contributed by atoms with E-state index in [1.807, 2.05) is 19.2 Å². The number of nitrogens with one attached hydrogen (secondary N) is 2. The largest absolute Gasteiger partial charge is 0.451 e. The fraction of sp³-hybridized carbons (Fsp3) is 0.474. The van der Waals surface area contributed by atoms with Crippen LogP contribution in [0.1, 0.15) is 29.3 Å². The van der Waals surface area contributed by atoms with E-state index in [0.717, 1.165) is 10.5 Å². The molecule has 9 heteroatoms. The molecule has 1 saturated heterocycles. The van der Waals surface area contributed by atoms with Crippen molar-refractivity contribution in [1.82, 2.24) is 15.5 Å². The van der Waals surface area contributed by atoms with Crippen LogP contribution in [-0.4, -0.2) is 66.0 Å². The summed E-state index contributed by atoms with van der Waals surface area (Å²) in [4.78, 5) is 50.0. The fourth-order valence-electron chi connectivity index (χ4n) is 2.72. The van der Waals surface area contributed by atoms with E-state index >= 15 is 0 Å². The number of amides is 4. The summed E-state index contributed by atoms with van der Waals surface area (Å²) in [5.74, 6) is -1.04. The number of nitrogens with zero attached hydrogens (tertiary/aromatic N) is 1. The highest BCUT2D eigenvalue weighted by Gasteiger charge is 2.33. The van der Waals surface area contributed by atoms with Crippen molar-refractivity contribution in [3.63, 3.8) is 0 Å². The van der Waals surface area contributed by atoms with Crippen LogP contribution in [-0.2, 0) is 14.3 Å². The van der Waals surface area contributed by atoms with Crippen molar-refractivity contribution in [2.75, 3.05) is 25.1 Å². The molecule has 8 nitrogen and oxygen atoms in total. The quantitative estimate of drug-likeness (QED) is 0.630.